The fourth-order valence-corrected chi connectivity index (χ4v) is 2.81. The number of nitrogens with one attached hydrogen (secondary N) is 1. The molecular weight excluding hydrogens is 352 g/mol. The van der Waals surface area contributed by atoms with Gasteiger partial charge in [-0.2, -0.15) is 0 Å². The van der Waals surface area contributed by atoms with E-state index in [1.807, 2.05) is 6.07 Å². The van der Waals surface area contributed by atoms with E-state index in [4.69, 9.17) is 5.11 Å². The van der Waals surface area contributed by atoms with Crippen molar-refractivity contribution in [1.29, 1.82) is 0 Å². The quantitative estimate of drug-likeness (QED) is 0.547. The molecule has 3 aromatic rings. The van der Waals surface area contributed by atoms with Crippen molar-refractivity contribution in [2.45, 2.75) is 12.5 Å². The topological polar surface area (TPSA) is 129 Å². The van der Waals surface area contributed by atoms with Gasteiger partial charge in [0.15, 0.2) is 0 Å². The number of carbonyl (C=O) groups is 3. The van der Waals surface area contributed by atoms with Crippen LogP contribution in [0.25, 0.3) is 10.9 Å². The van der Waals surface area contributed by atoms with Crippen molar-refractivity contribution in [3.63, 3.8) is 0 Å². The zero-order valence-corrected chi connectivity index (χ0v) is 14.0. The predicted molar refractivity (Wildman–Crippen MR) is 97.1 cm³/mol. The van der Waals surface area contributed by atoms with Crippen LogP contribution < -0.4 is 5.32 Å². The Morgan fingerprint density at radius 2 is 1.70 bits per heavy atom. The number of carbonyl (C=O) groups excluding carboxylic acids is 1. The first-order valence-corrected chi connectivity index (χ1v) is 8.02. The summed E-state index contributed by atoms with van der Waals surface area (Å²) in [5.41, 5.74) is 0.909. The van der Waals surface area contributed by atoms with Crippen LogP contribution in [0.4, 0.5) is 10.5 Å². The Morgan fingerprint density at radius 1 is 1.00 bits per heavy atom. The lowest BCUT2D eigenvalue weighted by molar-refractivity contribution is -0.123. The molecule has 138 valence electrons. The molecule has 27 heavy (non-hydrogen) atoms. The molecule has 0 aliphatic carbocycles. The predicted octanol–water partition coefficient (Wildman–Crippen LogP) is 2.41. The first-order chi connectivity index (χ1) is 12.9. The van der Waals surface area contributed by atoms with Gasteiger partial charge in [-0.1, -0.05) is 30.3 Å². The van der Waals surface area contributed by atoms with Crippen molar-refractivity contribution in [3.8, 4) is 0 Å². The van der Waals surface area contributed by atoms with E-state index in [0.717, 1.165) is 5.56 Å². The van der Waals surface area contributed by atoms with E-state index >= 15 is 0 Å². The maximum Gasteiger partial charge on any atom is 0.416 e. The van der Waals surface area contributed by atoms with Gasteiger partial charge in [-0.25, -0.2) is 14.2 Å². The fourth-order valence-electron chi connectivity index (χ4n) is 2.81. The highest BCUT2D eigenvalue weighted by atomic mass is 16.4. The molecule has 0 spiro atoms. The van der Waals surface area contributed by atoms with Crippen LogP contribution in [0.2, 0.25) is 0 Å². The Hall–Kier alpha value is -3.65. The van der Waals surface area contributed by atoms with Crippen LogP contribution in [0.3, 0.4) is 0 Å². The molecule has 3 rings (SSSR count). The fraction of sp³-hybridized carbons (Fsp3) is 0.105. The molecule has 1 unspecified atom stereocenters. The molecule has 1 amide bonds. The molecule has 4 N–H and O–H groups in total. The highest BCUT2D eigenvalue weighted by Crippen LogP contribution is 2.24. The maximum atomic E-state index is 12.2. The Kier molecular flexibility index (Phi) is 4.91. The van der Waals surface area contributed by atoms with E-state index in [2.05, 4.69) is 5.32 Å². The lowest BCUT2D eigenvalue weighted by Crippen LogP contribution is -2.29. The van der Waals surface area contributed by atoms with Crippen molar-refractivity contribution in [3.05, 3.63) is 65.9 Å². The summed E-state index contributed by atoms with van der Waals surface area (Å²) in [5.74, 6) is -1.99. The normalized spacial score (nSPS) is 11.9. The van der Waals surface area contributed by atoms with Gasteiger partial charge in [-0.05, 0) is 29.8 Å². The standard InChI is InChI=1S/C19H16N2O6/c22-16(8-11-4-2-1-3-5-11)17(23)20-13-6-7-14-12(9-13)10-15(18(24)25)21(14)19(26)27/h1-7,9-10,16,22H,8H2,(H,20,23)(H,24,25)(H,26,27). The van der Waals surface area contributed by atoms with Gasteiger partial charge < -0.3 is 20.6 Å². The summed E-state index contributed by atoms with van der Waals surface area (Å²) in [5, 5.41) is 31.3. The molecular formula is C19H16N2O6. The summed E-state index contributed by atoms with van der Waals surface area (Å²) >= 11 is 0. The number of rotatable bonds is 5. The molecule has 1 atom stereocenters. The monoisotopic (exact) mass is 368 g/mol. The number of anilines is 1. The second-order valence-corrected chi connectivity index (χ2v) is 5.92. The highest BCUT2D eigenvalue weighted by Gasteiger charge is 2.20. The van der Waals surface area contributed by atoms with Crippen LogP contribution in [-0.2, 0) is 11.2 Å². The maximum absolute atomic E-state index is 12.2. The molecule has 0 saturated carbocycles. The zero-order chi connectivity index (χ0) is 19.6. The molecule has 2 aromatic carbocycles. The van der Waals surface area contributed by atoms with E-state index in [-0.39, 0.29) is 11.9 Å². The van der Waals surface area contributed by atoms with Crippen LogP contribution in [0, 0.1) is 0 Å². The Bertz CT molecular complexity index is 1030. The third-order valence-corrected chi connectivity index (χ3v) is 4.05. The Morgan fingerprint density at radius 3 is 2.33 bits per heavy atom. The van der Waals surface area contributed by atoms with E-state index in [9.17, 15) is 24.6 Å². The molecule has 0 radical (unpaired) electrons. The molecule has 0 fully saturated rings. The molecule has 0 aliphatic rings. The first-order valence-electron chi connectivity index (χ1n) is 8.02. The van der Waals surface area contributed by atoms with Crippen molar-refractivity contribution in [1.82, 2.24) is 4.57 Å². The second-order valence-electron chi connectivity index (χ2n) is 5.92. The number of benzene rings is 2. The zero-order valence-electron chi connectivity index (χ0n) is 14.0. The number of aliphatic hydroxyl groups is 1. The molecule has 8 heteroatoms. The van der Waals surface area contributed by atoms with Crippen LogP contribution in [0.1, 0.15) is 16.1 Å². The third kappa shape index (κ3) is 3.80. The molecule has 1 heterocycles. The van der Waals surface area contributed by atoms with Crippen molar-refractivity contribution < 1.29 is 29.7 Å². The second kappa shape index (κ2) is 7.30. The number of carboxylic acid groups (broad SMARTS) is 2. The third-order valence-electron chi connectivity index (χ3n) is 4.05. The van der Waals surface area contributed by atoms with Gasteiger partial charge in [0.05, 0.1) is 5.52 Å². The number of nitrogens with zero attached hydrogens (tertiary/aromatic N) is 1. The molecule has 0 aliphatic heterocycles. The lowest BCUT2D eigenvalue weighted by Gasteiger charge is -2.12. The molecule has 0 saturated heterocycles. The molecule has 1 aromatic heterocycles. The average Bonchev–Trinajstić information content (AvgIpc) is 3.01. The smallest absolute Gasteiger partial charge is 0.416 e. The summed E-state index contributed by atoms with van der Waals surface area (Å²) in [6, 6.07) is 14.5. The van der Waals surface area contributed by atoms with Gasteiger partial charge in [0.1, 0.15) is 11.8 Å². The SMILES string of the molecule is O=C(O)c1cc2cc(NC(=O)C(O)Cc3ccccc3)ccc2n1C(=O)O. The first kappa shape index (κ1) is 18.2. The summed E-state index contributed by atoms with van der Waals surface area (Å²) in [6.07, 6.45) is -2.54. The minimum absolute atomic E-state index is 0.146. The number of carboxylic acids is 1. The summed E-state index contributed by atoms with van der Waals surface area (Å²) < 4.78 is 0.660. The van der Waals surface area contributed by atoms with Gasteiger partial charge in [0, 0.05) is 17.5 Å². The number of hydrogen-bond acceptors (Lipinski definition) is 4. The minimum atomic E-state index is -1.42. The van der Waals surface area contributed by atoms with Crippen LogP contribution in [0.15, 0.2) is 54.6 Å². The molecule has 8 nitrogen and oxygen atoms in total. The van der Waals surface area contributed by atoms with Crippen LogP contribution in [-0.4, -0.2) is 44.0 Å². The van der Waals surface area contributed by atoms with E-state index in [1.54, 1.807) is 24.3 Å². The van der Waals surface area contributed by atoms with Crippen LogP contribution in [0.5, 0.6) is 0 Å². The number of aromatic carboxylic acids is 1. The largest absolute Gasteiger partial charge is 0.477 e. The molecule has 0 bridgehead atoms. The summed E-state index contributed by atoms with van der Waals surface area (Å²) in [4.78, 5) is 34.7. The highest BCUT2D eigenvalue weighted by molar-refractivity contribution is 6.02. The lowest BCUT2D eigenvalue weighted by atomic mass is 10.1. The summed E-state index contributed by atoms with van der Waals surface area (Å²) in [6.45, 7) is 0. The van der Waals surface area contributed by atoms with Gasteiger partial charge in [-0.15, -0.1) is 0 Å². The van der Waals surface area contributed by atoms with Gasteiger partial charge in [0.2, 0.25) is 0 Å². The number of aromatic nitrogens is 1. The number of amides is 1. The van der Waals surface area contributed by atoms with Gasteiger partial charge in [-0.3, -0.25) is 4.79 Å². The average molecular weight is 368 g/mol. The van der Waals surface area contributed by atoms with E-state index < -0.39 is 29.8 Å². The van der Waals surface area contributed by atoms with E-state index in [0.29, 0.717) is 15.6 Å². The van der Waals surface area contributed by atoms with Crippen LogP contribution >= 0.6 is 0 Å². The number of hydrogen-bond donors (Lipinski definition) is 4. The van der Waals surface area contributed by atoms with Gasteiger partial charge >= 0.3 is 12.1 Å². The van der Waals surface area contributed by atoms with Crippen molar-refractivity contribution >= 4 is 34.6 Å². The van der Waals surface area contributed by atoms with E-state index in [1.165, 1.54) is 24.3 Å². The number of fused-ring (bicyclic) bond motifs is 1. The van der Waals surface area contributed by atoms with Gasteiger partial charge in [0.25, 0.3) is 5.91 Å². The Labute approximate surface area is 153 Å². The Balaban J connectivity index is 1.82. The van der Waals surface area contributed by atoms with Crippen molar-refractivity contribution in [2.24, 2.45) is 0 Å². The number of aliphatic hydroxyl groups excluding tert-OH is 1. The van der Waals surface area contributed by atoms with Crippen molar-refractivity contribution in [2.75, 3.05) is 5.32 Å². The summed E-state index contributed by atoms with van der Waals surface area (Å²) in [7, 11) is 0. The minimum Gasteiger partial charge on any atom is -0.477 e.